The van der Waals surface area contributed by atoms with Gasteiger partial charge in [0.15, 0.2) is 0 Å². The van der Waals surface area contributed by atoms with Crippen LogP contribution in [0.5, 0.6) is 0 Å². The third kappa shape index (κ3) is 4.38. The zero-order valence-electron chi connectivity index (χ0n) is 14.3. The highest BCUT2D eigenvalue weighted by atomic mass is 32.2. The molecule has 3 rings (SSSR count). The summed E-state index contributed by atoms with van der Waals surface area (Å²) >= 11 is -1.03. The fourth-order valence-corrected chi connectivity index (χ4v) is 4.37. The third-order valence-corrected chi connectivity index (χ3v) is 5.62. The van der Waals surface area contributed by atoms with Gasteiger partial charge in [0, 0.05) is 29.3 Å². The van der Waals surface area contributed by atoms with E-state index in [1.165, 1.54) is 24.9 Å². The van der Waals surface area contributed by atoms with Crippen LogP contribution in [0.3, 0.4) is 0 Å². The second-order valence-corrected chi connectivity index (χ2v) is 7.57. The van der Waals surface area contributed by atoms with E-state index in [4.69, 9.17) is 4.74 Å². The monoisotopic (exact) mass is 391 g/mol. The number of benzene rings is 2. The largest absolute Gasteiger partial charge is 0.755 e. The van der Waals surface area contributed by atoms with E-state index >= 15 is 0 Å². The van der Waals surface area contributed by atoms with Gasteiger partial charge in [-0.15, -0.1) is 0 Å². The molecule has 1 unspecified atom stereocenters. The number of methoxy groups -OCH3 is 1. The first kappa shape index (κ1) is 18.8. The van der Waals surface area contributed by atoms with Gasteiger partial charge in [-0.3, -0.25) is 4.21 Å². The SMILES string of the molecule is COC(=O)c1cc(NS(=O)[O-])c(Sc2ccccc2)c(N2CCCC2)c1. The molecule has 1 saturated heterocycles. The fourth-order valence-electron chi connectivity index (χ4n) is 2.92. The molecule has 1 fully saturated rings. The minimum atomic E-state index is -2.50. The van der Waals surface area contributed by atoms with Crippen molar-refractivity contribution < 1.29 is 18.3 Å². The van der Waals surface area contributed by atoms with Crippen LogP contribution in [0.25, 0.3) is 0 Å². The first-order chi connectivity index (χ1) is 12.6. The minimum absolute atomic E-state index is 0.319. The Hall–Kier alpha value is -2.03. The zero-order chi connectivity index (χ0) is 18.5. The summed E-state index contributed by atoms with van der Waals surface area (Å²) in [5, 5.41) is 0. The second kappa shape index (κ2) is 8.57. The van der Waals surface area contributed by atoms with Gasteiger partial charge in [0.2, 0.25) is 0 Å². The van der Waals surface area contributed by atoms with Crippen molar-refractivity contribution in [1.29, 1.82) is 0 Å². The standard InChI is InChI=1S/C18H20N2O4S2/c1-24-18(21)13-11-15(19-26(22)23)17(25-14-7-3-2-4-8-14)16(12-13)20-9-5-6-10-20/h2-4,7-8,11-12,19H,5-6,9-10H2,1H3,(H,22,23)/p-1. The average molecular weight is 391 g/mol. The van der Waals surface area contributed by atoms with Crippen molar-refractivity contribution in [3.63, 3.8) is 0 Å². The van der Waals surface area contributed by atoms with Crippen LogP contribution in [0, 0.1) is 0 Å². The van der Waals surface area contributed by atoms with Gasteiger partial charge in [-0.05, 0) is 37.1 Å². The molecule has 1 aliphatic heterocycles. The van der Waals surface area contributed by atoms with Crippen LogP contribution in [0.1, 0.15) is 23.2 Å². The van der Waals surface area contributed by atoms with E-state index in [2.05, 4.69) is 9.62 Å². The third-order valence-electron chi connectivity index (χ3n) is 4.09. The van der Waals surface area contributed by atoms with Crippen molar-refractivity contribution in [2.45, 2.75) is 22.6 Å². The van der Waals surface area contributed by atoms with Gasteiger partial charge in [-0.25, -0.2) is 4.79 Å². The summed E-state index contributed by atoms with van der Waals surface area (Å²) in [6, 6.07) is 13.0. The van der Waals surface area contributed by atoms with E-state index in [1.54, 1.807) is 6.07 Å². The Balaban J connectivity index is 2.12. The maximum Gasteiger partial charge on any atom is 0.338 e. The molecule has 2 aromatic carbocycles. The molecular formula is C18H19N2O4S2-. The maximum atomic E-state index is 12.1. The molecule has 0 spiro atoms. The molecule has 1 heterocycles. The number of hydrogen-bond donors (Lipinski definition) is 1. The number of nitrogens with zero attached hydrogens (tertiary/aromatic N) is 1. The van der Waals surface area contributed by atoms with Crippen LogP contribution >= 0.6 is 11.8 Å². The highest BCUT2D eigenvalue weighted by Gasteiger charge is 2.22. The summed E-state index contributed by atoms with van der Waals surface area (Å²) < 4.78 is 29.9. The van der Waals surface area contributed by atoms with Crippen LogP contribution in [0.15, 0.2) is 52.3 Å². The number of rotatable bonds is 6. The van der Waals surface area contributed by atoms with Crippen molar-refractivity contribution >= 4 is 40.4 Å². The number of ether oxygens (including phenoxy) is 1. The fraction of sp³-hybridized carbons (Fsp3) is 0.278. The van der Waals surface area contributed by atoms with E-state index in [1.807, 2.05) is 30.3 Å². The molecule has 0 bridgehead atoms. The predicted octanol–water partition coefficient (Wildman–Crippen LogP) is 3.43. The summed E-state index contributed by atoms with van der Waals surface area (Å²) in [6.45, 7) is 1.74. The summed E-state index contributed by atoms with van der Waals surface area (Å²) in [5.41, 5.74) is 1.53. The van der Waals surface area contributed by atoms with Gasteiger partial charge in [-0.2, -0.15) is 0 Å². The summed E-state index contributed by atoms with van der Waals surface area (Å²) in [4.78, 5) is 16.0. The average Bonchev–Trinajstić information content (AvgIpc) is 3.17. The molecule has 6 nitrogen and oxygen atoms in total. The van der Waals surface area contributed by atoms with Crippen LogP contribution in [0.4, 0.5) is 11.4 Å². The molecule has 1 N–H and O–H groups in total. The summed E-state index contributed by atoms with van der Waals surface area (Å²) in [5.74, 6) is -0.499. The van der Waals surface area contributed by atoms with Crippen molar-refractivity contribution in [2.75, 3.05) is 29.8 Å². The van der Waals surface area contributed by atoms with Crippen molar-refractivity contribution in [3.05, 3.63) is 48.0 Å². The van der Waals surface area contributed by atoms with Gasteiger partial charge in [-0.1, -0.05) is 30.0 Å². The summed E-state index contributed by atoms with van der Waals surface area (Å²) in [7, 11) is 1.31. The van der Waals surface area contributed by atoms with E-state index in [0.29, 0.717) is 11.3 Å². The minimum Gasteiger partial charge on any atom is -0.755 e. The zero-order valence-corrected chi connectivity index (χ0v) is 15.9. The smallest absolute Gasteiger partial charge is 0.338 e. The van der Waals surface area contributed by atoms with Crippen LogP contribution < -0.4 is 9.62 Å². The Morgan fingerprint density at radius 1 is 1.23 bits per heavy atom. The Bertz CT molecular complexity index is 808. The van der Waals surface area contributed by atoms with Crippen LogP contribution in [0.2, 0.25) is 0 Å². The molecule has 8 heteroatoms. The lowest BCUT2D eigenvalue weighted by Gasteiger charge is -2.25. The van der Waals surface area contributed by atoms with Gasteiger partial charge >= 0.3 is 5.97 Å². The Morgan fingerprint density at radius 2 is 1.92 bits per heavy atom. The lowest BCUT2D eigenvalue weighted by Crippen LogP contribution is -2.20. The summed E-state index contributed by atoms with van der Waals surface area (Å²) in [6.07, 6.45) is 2.13. The van der Waals surface area contributed by atoms with Gasteiger partial charge < -0.3 is 18.9 Å². The van der Waals surface area contributed by atoms with Gasteiger partial charge in [0.1, 0.15) is 0 Å². The van der Waals surface area contributed by atoms with E-state index in [0.717, 1.165) is 41.4 Å². The Labute approximate surface area is 159 Å². The topological polar surface area (TPSA) is 81.7 Å². The molecule has 0 aromatic heterocycles. The molecule has 0 amide bonds. The first-order valence-electron chi connectivity index (χ1n) is 8.18. The number of hydrogen-bond acceptors (Lipinski definition) is 6. The van der Waals surface area contributed by atoms with E-state index < -0.39 is 17.2 Å². The highest BCUT2D eigenvalue weighted by Crippen LogP contribution is 2.43. The van der Waals surface area contributed by atoms with Crippen molar-refractivity contribution in [2.24, 2.45) is 0 Å². The molecule has 0 radical (unpaired) electrons. The number of nitrogens with one attached hydrogen (secondary N) is 1. The lowest BCUT2D eigenvalue weighted by molar-refractivity contribution is 0.0600. The van der Waals surface area contributed by atoms with Crippen LogP contribution in [-0.4, -0.2) is 34.9 Å². The molecule has 138 valence electrons. The van der Waals surface area contributed by atoms with Crippen molar-refractivity contribution in [3.8, 4) is 0 Å². The molecule has 1 aliphatic rings. The molecule has 0 saturated carbocycles. The van der Waals surface area contributed by atoms with E-state index in [-0.39, 0.29) is 0 Å². The predicted molar refractivity (Wildman–Crippen MR) is 102 cm³/mol. The number of anilines is 2. The normalized spacial score (nSPS) is 14.9. The molecule has 1 atom stereocenters. The first-order valence-corrected chi connectivity index (χ1v) is 10.1. The lowest BCUT2D eigenvalue weighted by atomic mass is 10.1. The van der Waals surface area contributed by atoms with E-state index in [9.17, 15) is 13.6 Å². The molecule has 0 aliphatic carbocycles. The highest BCUT2D eigenvalue weighted by molar-refractivity contribution is 7.99. The molecule has 2 aromatic rings. The Kier molecular flexibility index (Phi) is 6.18. The number of esters is 1. The van der Waals surface area contributed by atoms with Gasteiger partial charge in [0.25, 0.3) is 0 Å². The molecular weight excluding hydrogens is 372 g/mol. The van der Waals surface area contributed by atoms with Gasteiger partial charge in [0.05, 0.1) is 28.9 Å². The number of carbonyl (C=O) groups excluding carboxylic acids is 1. The van der Waals surface area contributed by atoms with Crippen molar-refractivity contribution in [1.82, 2.24) is 0 Å². The number of carbonyl (C=O) groups is 1. The Morgan fingerprint density at radius 3 is 2.54 bits per heavy atom. The maximum absolute atomic E-state index is 12.1. The quantitative estimate of drug-likeness (QED) is 0.600. The molecule has 26 heavy (non-hydrogen) atoms. The van der Waals surface area contributed by atoms with Crippen LogP contribution in [-0.2, 0) is 16.0 Å². The second-order valence-electron chi connectivity index (χ2n) is 5.81.